The van der Waals surface area contributed by atoms with Crippen LogP contribution in [0.1, 0.15) is 66.0 Å². The Kier molecular flexibility index (Phi) is 5.82. The van der Waals surface area contributed by atoms with E-state index in [1.165, 1.54) is 0 Å². The van der Waals surface area contributed by atoms with Crippen LogP contribution in [0.4, 0.5) is 0 Å². The second kappa shape index (κ2) is 8.12. The molecular formula is C21H29N5O2. The summed E-state index contributed by atoms with van der Waals surface area (Å²) >= 11 is 0. The van der Waals surface area contributed by atoms with Gasteiger partial charge in [0.2, 0.25) is 0 Å². The fraction of sp³-hybridized carbons (Fsp3) is 0.524. The number of pyridine rings is 1. The SMILES string of the molecule is CN(CCc1ccncc1)C(=O)c1nc(C(=O)NC(C)(C)C)n2c1CCCC2. The van der Waals surface area contributed by atoms with Gasteiger partial charge in [-0.25, -0.2) is 4.98 Å². The number of likely N-dealkylation sites (N-methyl/N-ethyl adjacent to an activating group) is 1. The van der Waals surface area contributed by atoms with Crippen molar-refractivity contribution in [3.8, 4) is 0 Å². The fourth-order valence-corrected chi connectivity index (χ4v) is 3.41. The van der Waals surface area contributed by atoms with Crippen LogP contribution >= 0.6 is 0 Å². The number of hydrogen-bond donors (Lipinski definition) is 1. The number of aromatic nitrogens is 3. The zero-order chi connectivity index (χ0) is 20.3. The van der Waals surface area contributed by atoms with Crippen molar-refractivity contribution in [3.63, 3.8) is 0 Å². The summed E-state index contributed by atoms with van der Waals surface area (Å²) < 4.78 is 1.93. The average Bonchev–Trinajstić information content (AvgIpc) is 3.05. The fourth-order valence-electron chi connectivity index (χ4n) is 3.41. The van der Waals surface area contributed by atoms with Gasteiger partial charge in [-0.2, -0.15) is 0 Å². The molecule has 2 aromatic heterocycles. The number of rotatable bonds is 5. The largest absolute Gasteiger partial charge is 0.345 e. The lowest BCUT2D eigenvalue weighted by molar-refractivity contribution is 0.0789. The van der Waals surface area contributed by atoms with Gasteiger partial charge >= 0.3 is 0 Å². The molecule has 1 N–H and O–H groups in total. The van der Waals surface area contributed by atoms with Crippen LogP contribution in [0, 0.1) is 0 Å². The van der Waals surface area contributed by atoms with E-state index in [1.807, 2.05) is 37.5 Å². The van der Waals surface area contributed by atoms with Crippen molar-refractivity contribution in [1.29, 1.82) is 0 Å². The summed E-state index contributed by atoms with van der Waals surface area (Å²) in [5.41, 5.74) is 2.07. The number of hydrogen-bond acceptors (Lipinski definition) is 4. The van der Waals surface area contributed by atoms with Gasteiger partial charge in [-0.15, -0.1) is 0 Å². The van der Waals surface area contributed by atoms with Crippen LogP contribution in [0.2, 0.25) is 0 Å². The minimum atomic E-state index is -0.357. The van der Waals surface area contributed by atoms with E-state index in [1.54, 1.807) is 24.3 Å². The van der Waals surface area contributed by atoms with E-state index in [4.69, 9.17) is 0 Å². The molecule has 0 spiro atoms. The summed E-state index contributed by atoms with van der Waals surface area (Å²) in [4.78, 5) is 36.0. The van der Waals surface area contributed by atoms with Crippen LogP contribution in [0.5, 0.6) is 0 Å². The molecule has 0 atom stereocenters. The van der Waals surface area contributed by atoms with Crippen molar-refractivity contribution in [2.45, 2.75) is 58.5 Å². The molecule has 0 saturated heterocycles. The van der Waals surface area contributed by atoms with E-state index < -0.39 is 0 Å². The lowest BCUT2D eigenvalue weighted by Crippen LogP contribution is -2.42. The Balaban J connectivity index is 1.80. The Labute approximate surface area is 166 Å². The maximum Gasteiger partial charge on any atom is 0.287 e. The molecule has 7 heteroatoms. The first-order chi connectivity index (χ1) is 13.3. The van der Waals surface area contributed by atoms with Crippen molar-refractivity contribution in [2.75, 3.05) is 13.6 Å². The Bertz CT molecular complexity index is 852. The van der Waals surface area contributed by atoms with Crippen molar-refractivity contribution in [2.24, 2.45) is 0 Å². The molecule has 150 valence electrons. The number of fused-ring (bicyclic) bond motifs is 1. The van der Waals surface area contributed by atoms with Crippen LogP contribution < -0.4 is 5.32 Å². The van der Waals surface area contributed by atoms with Gasteiger partial charge in [-0.3, -0.25) is 14.6 Å². The first-order valence-corrected chi connectivity index (χ1v) is 9.82. The molecule has 3 heterocycles. The first-order valence-electron chi connectivity index (χ1n) is 9.82. The van der Waals surface area contributed by atoms with E-state index in [2.05, 4.69) is 15.3 Å². The molecule has 7 nitrogen and oxygen atoms in total. The molecular weight excluding hydrogens is 354 g/mol. The third kappa shape index (κ3) is 4.58. The summed E-state index contributed by atoms with van der Waals surface area (Å²) in [6.07, 6.45) is 7.02. The number of carbonyl (C=O) groups is 2. The van der Waals surface area contributed by atoms with Crippen molar-refractivity contribution in [3.05, 3.63) is 47.3 Å². The van der Waals surface area contributed by atoms with Crippen LogP contribution in [0.15, 0.2) is 24.5 Å². The topological polar surface area (TPSA) is 80.1 Å². The number of amides is 2. The highest BCUT2D eigenvalue weighted by atomic mass is 16.2. The molecule has 0 bridgehead atoms. The number of carbonyl (C=O) groups excluding carboxylic acids is 2. The first kappa shape index (κ1) is 20.0. The number of imidazole rings is 1. The third-order valence-electron chi connectivity index (χ3n) is 4.84. The highest BCUT2D eigenvalue weighted by molar-refractivity contribution is 5.97. The Morgan fingerprint density at radius 3 is 2.61 bits per heavy atom. The van der Waals surface area contributed by atoms with Crippen LogP contribution in [-0.4, -0.2) is 50.4 Å². The van der Waals surface area contributed by atoms with Crippen LogP contribution in [0.3, 0.4) is 0 Å². The number of nitrogens with one attached hydrogen (secondary N) is 1. The van der Waals surface area contributed by atoms with Gasteiger partial charge in [0.05, 0.1) is 5.69 Å². The highest BCUT2D eigenvalue weighted by Gasteiger charge is 2.30. The predicted octanol–water partition coefficient (Wildman–Crippen LogP) is 2.46. The average molecular weight is 383 g/mol. The predicted molar refractivity (Wildman–Crippen MR) is 107 cm³/mol. The second-order valence-corrected chi connectivity index (χ2v) is 8.38. The molecule has 28 heavy (non-hydrogen) atoms. The van der Waals surface area contributed by atoms with Crippen molar-refractivity contribution < 1.29 is 9.59 Å². The van der Waals surface area contributed by atoms with Gasteiger partial charge in [0.15, 0.2) is 5.82 Å². The molecule has 2 aromatic rings. The third-order valence-corrected chi connectivity index (χ3v) is 4.84. The lowest BCUT2D eigenvalue weighted by atomic mass is 10.1. The van der Waals surface area contributed by atoms with E-state index in [-0.39, 0.29) is 17.4 Å². The molecule has 3 rings (SSSR count). The summed E-state index contributed by atoms with van der Waals surface area (Å²) in [6, 6.07) is 3.90. The minimum absolute atomic E-state index is 0.130. The quantitative estimate of drug-likeness (QED) is 0.860. The van der Waals surface area contributed by atoms with Crippen LogP contribution in [-0.2, 0) is 19.4 Å². The maximum atomic E-state index is 13.1. The van der Waals surface area contributed by atoms with Gasteiger partial charge in [-0.1, -0.05) is 0 Å². The molecule has 0 radical (unpaired) electrons. The van der Waals surface area contributed by atoms with E-state index >= 15 is 0 Å². The summed E-state index contributed by atoms with van der Waals surface area (Å²) in [7, 11) is 1.78. The molecule has 0 aromatic carbocycles. The van der Waals surface area contributed by atoms with Crippen LogP contribution in [0.25, 0.3) is 0 Å². The normalized spacial score (nSPS) is 13.7. The monoisotopic (exact) mass is 383 g/mol. The summed E-state index contributed by atoms with van der Waals surface area (Å²) in [5, 5.41) is 2.96. The van der Waals surface area contributed by atoms with Gasteiger partial charge in [0.1, 0.15) is 5.69 Å². The molecule has 0 aliphatic carbocycles. The molecule has 0 fully saturated rings. The van der Waals surface area contributed by atoms with Gasteiger partial charge in [0, 0.05) is 38.1 Å². The van der Waals surface area contributed by atoms with Crippen molar-refractivity contribution >= 4 is 11.8 Å². The Morgan fingerprint density at radius 2 is 1.93 bits per heavy atom. The Hall–Kier alpha value is -2.70. The van der Waals surface area contributed by atoms with E-state index in [0.29, 0.717) is 18.1 Å². The highest BCUT2D eigenvalue weighted by Crippen LogP contribution is 2.22. The van der Waals surface area contributed by atoms with Crippen molar-refractivity contribution in [1.82, 2.24) is 24.8 Å². The molecule has 0 unspecified atom stereocenters. The molecule has 1 aliphatic heterocycles. The maximum absolute atomic E-state index is 13.1. The number of nitrogens with zero attached hydrogens (tertiary/aromatic N) is 4. The Morgan fingerprint density at radius 1 is 1.21 bits per heavy atom. The summed E-state index contributed by atoms with van der Waals surface area (Å²) in [5.74, 6) is -0.0147. The van der Waals surface area contributed by atoms with Gasteiger partial charge in [-0.05, 0) is 64.2 Å². The second-order valence-electron chi connectivity index (χ2n) is 8.38. The molecule has 2 amide bonds. The zero-order valence-corrected chi connectivity index (χ0v) is 17.2. The minimum Gasteiger partial charge on any atom is -0.345 e. The smallest absolute Gasteiger partial charge is 0.287 e. The molecule has 1 aliphatic rings. The zero-order valence-electron chi connectivity index (χ0n) is 17.2. The van der Waals surface area contributed by atoms with E-state index in [0.717, 1.165) is 43.5 Å². The van der Waals surface area contributed by atoms with E-state index in [9.17, 15) is 9.59 Å². The van der Waals surface area contributed by atoms with Gasteiger partial charge in [0.25, 0.3) is 11.8 Å². The standard InChI is InChI=1S/C21H29N5O2/c1-21(2,3)24-19(27)18-23-17(16-7-5-6-13-26(16)18)20(28)25(4)14-10-15-8-11-22-12-9-15/h8-9,11-12H,5-7,10,13-14H2,1-4H3,(H,24,27). The van der Waals surface area contributed by atoms with Gasteiger partial charge < -0.3 is 14.8 Å². The summed E-state index contributed by atoms with van der Waals surface area (Å²) in [6.45, 7) is 7.11. The molecule has 0 saturated carbocycles. The lowest BCUT2D eigenvalue weighted by Gasteiger charge is -2.22.